The molecule has 1 unspecified atom stereocenters. The van der Waals surface area contributed by atoms with Crippen molar-refractivity contribution in [3.8, 4) is 0 Å². The van der Waals surface area contributed by atoms with E-state index in [2.05, 4.69) is 35.7 Å². The van der Waals surface area contributed by atoms with E-state index in [-0.39, 0.29) is 0 Å². The highest BCUT2D eigenvalue weighted by atomic mass is 15.3. The molecule has 0 spiro atoms. The molecule has 0 aliphatic carbocycles. The van der Waals surface area contributed by atoms with Crippen LogP contribution in [-0.2, 0) is 0 Å². The van der Waals surface area contributed by atoms with Gasteiger partial charge >= 0.3 is 0 Å². The monoisotopic (exact) mass is 242 g/mol. The molecule has 1 aliphatic heterocycles. The molecule has 1 aliphatic rings. The van der Waals surface area contributed by atoms with Gasteiger partial charge in [-0.3, -0.25) is 9.80 Å². The summed E-state index contributed by atoms with van der Waals surface area (Å²) in [4.78, 5) is 7.46. The van der Waals surface area contributed by atoms with Gasteiger partial charge in [0, 0.05) is 45.3 Å². The molecule has 102 valence electrons. The van der Waals surface area contributed by atoms with Gasteiger partial charge in [-0.2, -0.15) is 0 Å². The van der Waals surface area contributed by atoms with E-state index in [1.807, 2.05) is 0 Å². The Morgan fingerprint density at radius 2 is 1.82 bits per heavy atom. The van der Waals surface area contributed by atoms with E-state index in [9.17, 15) is 0 Å². The van der Waals surface area contributed by atoms with Gasteiger partial charge in [0.25, 0.3) is 0 Å². The lowest BCUT2D eigenvalue weighted by Gasteiger charge is -2.39. The van der Waals surface area contributed by atoms with Gasteiger partial charge in [0.15, 0.2) is 0 Å². The third-order valence-electron chi connectivity index (χ3n) is 3.76. The van der Waals surface area contributed by atoms with Crippen molar-refractivity contribution in [2.24, 2.45) is 5.73 Å². The Morgan fingerprint density at radius 1 is 1.18 bits per heavy atom. The Labute approximate surface area is 107 Å². The van der Waals surface area contributed by atoms with Crippen molar-refractivity contribution in [2.45, 2.75) is 25.8 Å². The van der Waals surface area contributed by atoms with Crippen LogP contribution in [0.5, 0.6) is 0 Å². The fourth-order valence-electron chi connectivity index (χ4n) is 2.53. The minimum Gasteiger partial charge on any atom is -0.330 e. The van der Waals surface area contributed by atoms with E-state index in [1.165, 1.54) is 45.7 Å². The van der Waals surface area contributed by atoms with Crippen molar-refractivity contribution in [3.63, 3.8) is 0 Å². The van der Waals surface area contributed by atoms with E-state index in [0.29, 0.717) is 6.04 Å². The Kier molecular flexibility index (Phi) is 7.04. The average molecular weight is 242 g/mol. The van der Waals surface area contributed by atoms with Gasteiger partial charge < -0.3 is 10.6 Å². The zero-order valence-electron chi connectivity index (χ0n) is 11.9. The molecule has 1 saturated heterocycles. The van der Waals surface area contributed by atoms with Crippen LogP contribution in [0.25, 0.3) is 0 Å². The van der Waals surface area contributed by atoms with Crippen molar-refractivity contribution >= 4 is 0 Å². The van der Waals surface area contributed by atoms with Gasteiger partial charge in [-0.05, 0) is 33.5 Å². The van der Waals surface area contributed by atoms with E-state index in [1.54, 1.807) is 0 Å². The topological polar surface area (TPSA) is 35.7 Å². The van der Waals surface area contributed by atoms with Crippen molar-refractivity contribution in [1.82, 2.24) is 14.7 Å². The van der Waals surface area contributed by atoms with Crippen molar-refractivity contribution < 1.29 is 0 Å². The third-order valence-corrected chi connectivity index (χ3v) is 3.76. The van der Waals surface area contributed by atoms with Crippen molar-refractivity contribution in [3.05, 3.63) is 0 Å². The maximum absolute atomic E-state index is 5.68. The average Bonchev–Trinajstić information content (AvgIpc) is 2.34. The highest BCUT2D eigenvalue weighted by Crippen LogP contribution is 2.11. The SMILES string of the molecule is CCC(CCN)N1CCN(CCN(C)C)CC1. The molecule has 0 amide bonds. The van der Waals surface area contributed by atoms with E-state index in [0.717, 1.165) is 13.0 Å². The number of piperazine rings is 1. The van der Waals surface area contributed by atoms with E-state index in [4.69, 9.17) is 5.73 Å². The number of nitrogens with two attached hydrogens (primary N) is 1. The molecule has 0 aromatic rings. The zero-order valence-corrected chi connectivity index (χ0v) is 11.9. The first-order valence-electron chi connectivity index (χ1n) is 6.98. The second-order valence-corrected chi connectivity index (χ2v) is 5.32. The molecule has 0 saturated carbocycles. The number of hydrogen-bond donors (Lipinski definition) is 1. The maximum Gasteiger partial charge on any atom is 0.0113 e. The zero-order chi connectivity index (χ0) is 12.7. The van der Waals surface area contributed by atoms with Crippen LogP contribution < -0.4 is 5.73 Å². The van der Waals surface area contributed by atoms with Gasteiger partial charge in [0.1, 0.15) is 0 Å². The molecule has 0 aromatic heterocycles. The molecular weight excluding hydrogens is 212 g/mol. The van der Waals surface area contributed by atoms with Crippen LogP contribution in [-0.4, -0.2) is 80.7 Å². The third kappa shape index (κ3) is 5.34. The molecule has 2 N–H and O–H groups in total. The van der Waals surface area contributed by atoms with Crippen molar-refractivity contribution in [2.75, 3.05) is 59.9 Å². The molecule has 1 atom stereocenters. The highest BCUT2D eigenvalue weighted by Gasteiger charge is 2.21. The normalized spacial score (nSPS) is 21.0. The van der Waals surface area contributed by atoms with Gasteiger partial charge in [-0.15, -0.1) is 0 Å². The lowest BCUT2D eigenvalue weighted by molar-refractivity contribution is 0.0872. The second-order valence-electron chi connectivity index (χ2n) is 5.32. The van der Waals surface area contributed by atoms with E-state index >= 15 is 0 Å². The van der Waals surface area contributed by atoms with Crippen LogP contribution in [0.3, 0.4) is 0 Å². The van der Waals surface area contributed by atoms with Crippen LogP contribution in [0.2, 0.25) is 0 Å². The van der Waals surface area contributed by atoms with Gasteiger partial charge in [0.05, 0.1) is 0 Å². The second kappa shape index (κ2) is 8.03. The fraction of sp³-hybridized carbons (Fsp3) is 1.00. The first kappa shape index (κ1) is 14.9. The summed E-state index contributed by atoms with van der Waals surface area (Å²) in [6.07, 6.45) is 2.38. The van der Waals surface area contributed by atoms with Gasteiger partial charge in [-0.1, -0.05) is 6.92 Å². The standard InChI is InChI=1S/C13H30N4/c1-4-13(5-6-14)17-11-9-16(10-12-17)8-7-15(2)3/h13H,4-12,14H2,1-3H3. The first-order valence-corrected chi connectivity index (χ1v) is 6.98. The molecule has 1 rings (SSSR count). The Balaban J connectivity index is 2.24. The molecule has 0 radical (unpaired) electrons. The summed E-state index contributed by atoms with van der Waals surface area (Å²) in [5.41, 5.74) is 5.68. The summed E-state index contributed by atoms with van der Waals surface area (Å²) >= 11 is 0. The number of nitrogens with zero attached hydrogens (tertiary/aromatic N) is 3. The number of hydrogen-bond acceptors (Lipinski definition) is 4. The number of likely N-dealkylation sites (N-methyl/N-ethyl adjacent to an activating group) is 1. The molecule has 1 heterocycles. The number of rotatable bonds is 7. The maximum atomic E-state index is 5.68. The Hall–Kier alpha value is -0.160. The smallest absolute Gasteiger partial charge is 0.0113 e. The molecular formula is C13H30N4. The lowest BCUT2D eigenvalue weighted by Crippen LogP contribution is -2.51. The van der Waals surface area contributed by atoms with Crippen LogP contribution in [0.15, 0.2) is 0 Å². The van der Waals surface area contributed by atoms with E-state index < -0.39 is 0 Å². The van der Waals surface area contributed by atoms with Gasteiger partial charge in [0.2, 0.25) is 0 Å². The fourth-order valence-corrected chi connectivity index (χ4v) is 2.53. The van der Waals surface area contributed by atoms with Crippen LogP contribution >= 0.6 is 0 Å². The van der Waals surface area contributed by atoms with Crippen LogP contribution in [0.1, 0.15) is 19.8 Å². The lowest BCUT2D eigenvalue weighted by atomic mass is 10.1. The minimum atomic E-state index is 0.705. The predicted octanol–water partition coefficient (Wildman–Crippen LogP) is 0.293. The Bertz CT molecular complexity index is 188. The molecule has 1 fully saturated rings. The van der Waals surface area contributed by atoms with Crippen LogP contribution in [0.4, 0.5) is 0 Å². The quantitative estimate of drug-likeness (QED) is 0.696. The molecule has 4 heteroatoms. The summed E-state index contributed by atoms with van der Waals surface area (Å²) < 4.78 is 0. The Morgan fingerprint density at radius 3 is 2.29 bits per heavy atom. The van der Waals surface area contributed by atoms with Crippen LogP contribution in [0, 0.1) is 0 Å². The molecule has 0 bridgehead atoms. The van der Waals surface area contributed by atoms with Crippen molar-refractivity contribution in [1.29, 1.82) is 0 Å². The molecule has 17 heavy (non-hydrogen) atoms. The predicted molar refractivity (Wildman–Crippen MR) is 74.3 cm³/mol. The summed E-state index contributed by atoms with van der Waals surface area (Å²) in [6, 6.07) is 0.705. The summed E-state index contributed by atoms with van der Waals surface area (Å²) in [5.74, 6) is 0. The summed E-state index contributed by atoms with van der Waals surface area (Å²) in [5, 5.41) is 0. The summed E-state index contributed by atoms with van der Waals surface area (Å²) in [6.45, 7) is 10.3. The minimum absolute atomic E-state index is 0.705. The van der Waals surface area contributed by atoms with Gasteiger partial charge in [-0.25, -0.2) is 0 Å². The first-order chi connectivity index (χ1) is 8.17. The summed E-state index contributed by atoms with van der Waals surface area (Å²) in [7, 11) is 4.29. The largest absolute Gasteiger partial charge is 0.330 e. The molecule has 0 aromatic carbocycles. The molecule has 4 nitrogen and oxygen atoms in total. The highest BCUT2D eigenvalue weighted by molar-refractivity contribution is 4.78.